The maximum absolute atomic E-state index is 11.4. The number of nitrogens with zero attached hydrogens (tertiary/aromatic N) is 2. The summed E-state index contributed by atoms with van der Waals surface area (Å²) >= 11 is 1.11. The number of nitriles is 1. The van der Waals surface area contributed by atoms with E-state index in [1.165, 1.54) is 7.11 Å². The SMILES string of the molecule is COC(=O)c1sc(Nc2ccc(C#N)cc2)nc1N. The molecule has 0 aliphatic heterocycles. The Balaban J connectivity index is 2.19. The molecule has 0 saturated carbocycles. The Hall–Kier alpha value is -2.59. The van der Waals surface area contributed by atoms with E-state index in [1.54, 1.807) is 24.3 Å². The molecule has 0 fully saturated rings. The Kier molecular flexibility index (Phi) is 3.63. The third-order valence-electron chi connectivity index (χ3n) is 2.29. The molecule has 2 aromatic rings. The highest BCUT2D eigenvalue weighted by Crippen LogP contribution is 2.28. The Morgan fingerprint density at radius 2 is 2.16 bits per heavy atom. The molecule has 1 aromatic heterocycles. The molecule has 96 valence electrons. The number of esters is 1. The minimum Gasteiger partial charge on any atom is -0.465 e. The fraction of sp³-hybridized carbons (Fsp3) is 0.0833. The van der Waals surface area contributed by atoms with Crippen molar-refractivity contribution in [1.29, 1.82) is 5.26 Å². The number of nitrogens with one attached hydrogen (secondary N) is 1. The molecule has 0 aliphatic rings. The van der Waals surface area contributed by atoms with Crippen LogP contribution < -0.4 is 11.1 Å². The second-order valence-corrected chi connectivity index (χ2v) is 4.54. The first-order valence-corrected chi connectivity index (χ1v) is 6.07. The van der Waals surface area contributed by atoms with Gasteiger partial charge in [0.25, 0.3) is 0 Å². The summed E-state index contributed by atoms with van der Waals surface area (Å²) in [6.07, 6.45) is 0. The van der Waals surface area contributed by atoms with Crippen LogP contribution in [0.25, 0.3) is 0 Å². The number of ether oxygens (including phenoxy) is 1. The van der Waals surface area contributed by atoms with Crippen LogP contribution >= 0.6 is 11.3 Å². The smallest absolute Gasteiger partial charge is 0.351 e. The summed E-state index contributed by atoms with van der Waals surface area (Å²) in [5, 5.41) is 12.2. The number of nitrogens with two attached hydrogens (primary N) is 1. The van der Waals surface area contributed by atoms with Gasteiger partial charge in [-0.2, -0.15) is 5.26 Å². The van der Waals surface area contributed by atoms with E-state index in [1.807, 2.05) is 6.07 Å². The van der Waals surface area contributed by atoms with Crippen molar-refractivity contribution >= 4 is 33.9 Å². The first-order chi connectivity index (χ1) is 9.13. The molecule has 19 heavy (non-hydrogen) atoms. The maximum Gasteiger partial charge on any atom is 0.351 e. The highest BCUT2D eigenvalue weighted by molar-refractivity contribution is 7.18. The van der Waals surface area contributed by atoms with Gasteiger partial charge in [0, 0.05) is 5.69 Å². The number of hydrogen-bond donors (Lipinski definition) is 2. The molecule has 6 nitrogen and oxygen atoms in total. The number of nitrogen functional groups attached to an aromatic ring is 1. The van der Waals surface area contributed by atoms with Crippen LogP contribution in [-0.4, -0.2) is 18.1 Å². The van der Waals surface area contributed by atoms with Crippen molar-refractivity contribution in [2.24, 2.45) is 0 Å². The minimum absolute atomic E-state index is 0.132. The molecular weight excluding hydrogens is 264 g/mol. The van der Waals surface area contributed by atoms with E-state index in [4.69, 9.17) is 11.0 Å². The van der Waals surface area contributed by atoms with E-state index in [-0.39, 0.29) is 10.7 Å². The number of rotatable bonds is 3. The molecule has 0 radical (unpaired) electrons. The molecule has 0 amide bonds. The third-order valence-corrected chi connectivity index (χ3v) is 3.26. The number of carbonyl (C=O) groups is 1. The lowest BCUT2D eigenvalue weighted by Gasteiger charge is -2.01. The number of anilines is 3. The monoisotopic (exact) mass is 274 g/mol. The Morgan fingerprint density at radius 1 is 1.47 bits per heavy atom. The van der Waals surface area contributed by atoms with Gasteiger partial charge in [0.15, 0.2) is 15.8 Å². The molecule has 0 aliphatic carbocycles. The normalized spacial score (nSPS) is 9.68. The van der Waals surface area contributed by atoms with Crippen LogP contribution in [0.4, 0.5) is 16.6 Å². The summed E-state index contributed by atoms with van der Waals surface area (Å²) in [7, 11) is 1.29. The molecule has 2 rings (SSSR count). The second kappa shape index (κ2) is 5.37. The summed E-state index contributed by atoms with van der Waals surface area (Å²) in [6, 6.07) is 8.88. The quantitative estimate of drug-likeness (QED) is 0.831. The van der Waals surface area contributed by atoms with Crippen molar-refractivity contribution in [2.75, 3.05) is 18.2 Å². The van der Waals surface area contributed by atoms with Gasteiger partial charge in [0.05, 0.1) is 18.7 Å². The predicted octanol–water partition coefficient (Wildman–Crippen LogP) is 2.13. The summed E-state index contributed by atoms with van der Waals surface area (Å²) in [5.74, 6) is -0.379. The van der Waals surface area contributed by atoms with Crippen molar-refractivity contribution < 1.29 is 9.53 Å². The topological polar surface area (TPSA) is 101 Å². The molecule has 7 heteroatoms. The van der Waals surface area contributed by atoms with Gasteiger partial charge in [-0.25, -0.2) is 9.78 Å². The van der Waals surface area contributed by atoms with Crippen LogP contribution in [0, 0.1) is 11.3 Å². The first kappa shape index (κ1) is 12.9. The molecule has 1 aromatic carbocycles. The molecular formula is C12H10N4O2S. The van der Waals surface area contributed by atoms with Gasteiger partial charge in [0.1, 0.15) is 0 Å². The number of aromatic nitrogens is 1. The molecule has 1 heterocycles. The predicted molar refractivity (Wildman–Crippen MR) is 72.3 cm³/mol. The van der Waals surface area contributed by atoms with E-state index in [0.29, 0.717) is 10.7 Å². The standard InChI is InChI=1S/C12H10N4O2S/c1-18-11(17)9-10(14)16-12(19-9)15-8-4-2-7(6-13)3-5-8/h2-5H,14H2,1H3,(H,15,16). The van der Waals surface area contributed by atoms with Crippen LogP contribution in [0.1, 0.15) is 15.2 Å². The lowest BCUT2D eigenvalue weighted by Crippen LogP contribution is -2.01. The Labute approximate surface area is 113 Å². The summed E-state index contributed by atoms with van der Waals surface area (Å²) < 4.78 is 4.60. The molecule has 3 N–H and O–H groups in total. The highest BCUT2D eigenvalue weighted by atomic mass is 32.1. The summed E-state index contributed by atoms with van der Waals surface area (Å²) in [5.41, 5.74) is 6.96. The van der Waals surface area contributed by atoms with Gasteiger partial charge < -0.3 is 15.8 Å². The fourth-order valence-electron chi connectivity index (χ4n) is 1.38. The number of thiazole rings is 1. The number of hydrogen-bond acceptors (Lipinski definition) is 7. The highest BCUT2D eigenvalue weighted by Gasteiger charge is 2.16. The minimum atomic E-state index is -0.511. The molecule has 0 unspecified atom stereocenters. The van der Waals surface area contributed by atoms with Gasteiger partial charge in [-0.05, 0) is 24.3 Å². The van der Waals surface area contributed by atoms with Crippen LogP contribution in [0.2, 0.25) is 0 Å². The van der Waals surface area contributed by atoms with Crippen molar-refractivity contribution in [2.45, 2.75) is 0 Å². The summed E-state index contributed by atoms with van der Waals surface area (Å²) in [6.45, 7) is 0. The molecule has 0 bridgehead atoms. The van der Waals surface area contributed by atoms with E-state index >= 15 is 0 Å². The van der Waals surface area contributed by atoms with Gasteiger partial charge in [-0.3, -0.25) is 0 Å². The molecule has 0 saturated heterocycles. The zero-order valence-corrected chi connectivity index (χ0v) is 10.8. The van der Waals surface area contributed by atoms with E-state index in [2.05, 4.69) is 15.0 Å². The lowest BCUT2D eigenvalue weighted by molar-refractivity contribution is 0.0607. The van der Waals surface area contributed by atoms with Crippen molar-refractivity contribution in [3.05, 3.63) is 34.7 Å². The molecule has 0 atom stereocenters. The van der Waals surface area contributed by atoms with Crippen molar-refractivity contribution in [3.63, 3.8) is 0 Å². The van der Waals surface area contributed by atoms with Crippen LogP contribution in [0.5, 0.6) is 0 Å². The zero-order chi connectivity index (χ0) is 13.8. The number of carbonyl (C=O) groups excluding carboxylic acids is 1. The summed E-state index contributed by atoms with van der Waals surface area (Å²) in [4.78, 5) is 15.7. The number of benzene rings is 1. The van der Waals surface area contributed by atoms with E-state index in [0.717, 1.165) is 17.0 Å². The Morgan fingerprint density at radius 3 is 2.74 bits per heavy atom. The van der Waals surface area contributed by atoms with Crippen LogP contribution in [0.3, 0.4) is 0 Å². The van der Waals surface area contributed by atoms with Crippen LogP contribution in [-0.2, 0) is 4.74 Å². The van der Waals surface area contributed by atoms with Crippen LogP contribution in [0.15, 0.2) is 24.3 Å². The maximum atomic E-state index is 11.4. The third kappa shape index (κ3) is 2.81. The second-order valence-electron chi connectivity index (χ2n) is 3.54. The van der Waals surface area contributed by atoms with Crippen molar-refractivity contribution in [1.82, 2.24) is 4.98 Å². The van der Waals surface area contributed by atoms with E-state index < -0.39 is 5.97 Å². The van der Waals surface area contributed by atoms with Gasteiger partial charge in [0.2, 0.25) is 0 Å². The number of methoxy groups -OCH3 is 1. The molecule has 0 spiro atoms. The first-order valence-electron chi connectivity index (χ1n) is 5.26. The Bertz CT molecular complexity index is 643. The average molecular weight is 274 g/mol. The lowest BCUT2D eigenvalue weighted by atomic mass is 10.2. The van der Waals surface area contributed by atoms with Gasteiger partial charge >= 0.3 is 5.97 Å². The van der Waals surface area contributed by atoms with Gasteiger partial charge in [-0.1, -0.05) is 11.3 Å². The van der Waals surface area contributed by atoms with E-state index in [9.17, 15) is 4.79 Å². The average Bonchev–Trinajstić information content (AvgIpc) is 2.79. The van der Waals surface area contributed by atoms with Gasteiger partial charge in [-0.15, -0.1) is 0 Å². The largest absolute Gasteiger partial charge is 0.465 e. The zero-order valence-electron chi connectivity index (χ0n) is 10.0. The fourth-order valence-corrected chi connectivity index (χ4v) is 2.20. The van der Waals surface area contributed by atoms with Crippen molar-refractivity contribution in [3.8, 4) is 6.07 Å².